The lowest BCUT2D eigenvalue weighted by molar-refractivity contribution is 0.0917. The minimum Gasteiger partial charge on any atom is -0.351 e. The molecule has 0 saturated heterocycles. The molecular formula is C18H18N2O2S. The van der Waals surface area contributed by atoms with Crippen LogP contribution in [0.4, 0.5) is 0 Å². The van der Waals surface area contributed by atoms with Crippen LogP contribution < -0.4 is 5.32 Å². The highest BCUT2D eigenvalue weighted by molar-refractivity contribution is 7.09. The third kappa shape index (κ3) is 4.53. The minimum atomic E-state index is -0.208. The van der Waals surface area contributed by atoms with Gasteiger partial charge >= 0.3 is 0 Å². The van der Waals surface area contributed by atoms with Gasteiger partial charge in [-0.2, -0.15) is 0 Å². The fourth-order valence-electron chi connectivity index (χ4n) is 2.29. The van der Waals surface area contributed by atoms with Crippen LogP contribution in [0.25, 0.3) is 0 Å². The first-order chi connectivity index (χ1) is 11.3. The van der Waals surface area contributed by atoms with Crippen molar-refractivity contribution in [1.82, 2.24) is 10.5 Å². The van der Waals surface area contributed by atoms with E-state index in [0.717, 1.165) is 25.0 Å². The smallest absolute Gasteiger partial charge is 0.289 e. The van der Waals surface area contributed by atoms with Crippen molar-refractivity contribution >= 4 is 17.2 Å². The Balaban J connectivity index is 1.47. The molecule has 0 unspecified atom stereocenters. The third-order valence-electron chi connectivity index (χ3n) is 3.53. The fourth-order valence-corrected chi connectivity index (χ4v) is 3.00. The molecule has 0 saturated carbocycles. The molecule has 0 aliphatic heterocycles. The second-order valence-electron chi connectivity index (χ2n) is 5.25. The van der Waals surface area contributed by atoms with E-state index in [1.807, 2.05) is 29.6 Å². The average molecular weight is 326 g/mol. The maximum Gasteiger partial charge on any atom is 0.289 e. The summed E-state index contributed by atoms with van der Waals surface area (Å²) in [6, 6.07) is 16.0. The number of aryl methyl sites for hydroxylation is 2. The van der Waals surface area contributed by atoms with Crippen LogP contribution in [0.2, 0.25) is 0 Å². The molecule has 4 nitrogen and oxygen atoms in total. The highest BCUT2D eigenvalue weighted by Crippen LogP contribution is 2.10. The average Bonchev–Trinajstić information content (AvgIpc) is 3.25. The van der Waals surface area contributed by atoms with Gasteiger partial charge in [-0.15, -0.1) is 11.3 Å². The van der Waals surface area contributed by atoms with Gasteiger partial charge in [-0.25, -0.2) is 0 Å². The molecule has 23 heavy (non-hydrogen) atoms. The first kappa shape index (κ1) is 15.5. The monoisotopic (exact) mass is 326 g/mol. The number of nitrogens with one attached hydrogen (secondary N) is 1. The van der Waals surface area contributed by atoms with E-state index in [-0.39, 0.29) is 11.7 Å². The van der Waals surface area contributed by atoms with Crippen molar-refractivity contribution < 1.29 is 9.32 Å². The quantitative estimate of drug-likeness (QED) is 0.723. The third-order valence-corrected chi connectivity index (χ3v) is 4.47. The van der Waals surface area contributed by atoms with Crippen molar-refractivity contribution in [3.8, 4) is 0 Å². The second kappa shape index (κ2) is 7.74. The van der Waals surface area contributed by atoms with Crippen LogP contribution >= 0.6 is 11.3 Å². The van der Waals surface area contributed by atoms with Gasteiger partial charge in [0.15, 0.2) is 0 Å². The highest BCUT2D eigenvalue weighted by atomic mass is 32.1. The number of rotatable bonds is 7. The maximum atomic E-state index is 12.0. The lowest BCUT2D eigenvalue weighted by Gasteiger charge is -2.00. The Hall–Kier alpha value is -2.40. The lowest BCUT2D eigenvalue weighted by Crippen LogP contribution is -2.25. The summed E-state index contributed by atoms with van der Waals surface area (Å²) in [4.78, 5) is 13.3. The highest BCUT2D eigenvalue weighted by Gasteiger charge is 2.12. The molecule has 0 aliphatic carbocycles. The van der Waals surface area contributed by atoms with E-state index < -0.39 is 0 Å². The zero-order chi connectivity index (χ0) is 15.9. The molecule has 1 amide bonds. The first-order valence-electron chi connectivity index (χ1n) is 7.61. The molecule has 0 atom stereocenters. The molecule has 3 rings (SSSR count). The zero-order valence-corrected chi connectivity index (χ0v) is 13.5. The Labute approximate surface area is 139 Å². The van der Waals surface area contributed by atoms with Crippen LogP contribution in [-0.2, 0) is 19.3 Å². The summed E-state index contributed by atoms with van der Waals surface area (Å²) in [5.41, 5.74) is 2.05. The number of hydrogen-bond acceptors (Lipinski definition) is 4. The van der Waals surface area contributed by atoms with Gasteiger partial charge in [0.1, 0.15) is 0 Å². The van der Waals surface area contributed by atoms with E-state index in [4.69, 9.17) is 4.52 Å². The van der Waals surface area contributed by atoms with Gasteiger partial charge in [-0.05, 0) is 36.3 Å². The van der Waals surface area contributed by atoms with Crippen LogP contribution in [-0.4, -0.2) is 17.6 Å². The summed E-state index contributed by atoms with van der Waals surface area (Å²) in [5.74, 6) is 0.0688. The largest absolute Gasteiger partial charge is 0.351 e. The van der Waals surface area contributed by atoms with Crippen molar-refractivity contribution in [2.45, 2.75) is 19.3 Å². The Kier molecular flexibility index (Phi) is 5.21. The number of carbonyl (C=O) groups excluding carboxylic acids is 1. The molecule has 0 fully saturated rings. The van der Waals surface area contributed by atoms with Crippen molar-refractivity contribution in [2.24, 2.45) is 0 Å². The van der Waals surface area contributed by atoms with Crippen molar-refractivity contribution in [3.63, 3.8) is 0 Å². The molecule has 0 spiro atoms. The number of carbonyl (C=O) groups is 1. The summed E-state index contributed by atoms with van der Waals surface area (Å²) < 4.78 is 5.14. The number of nitrogens with zero attached hydrogens (tertiary/aromatic N) is 1. The molecule has 118 valence electrons. The Morgan fingerprint density at radius 3 is 2.74 bits per heavy atom. The van der Waals surface area contributed by atoms with Gasteiger partial charge in [0, 0.05) is 17.5 Å². The molecule has 1 N–H and O–H groups in total. The number of thiophene rings is 1. The Morgan fingerprint density at radius 2 is 1.96 bits per heavy atom. The van der Waals surface area contributed by atoms with Gasteiger partial charge in [0.2, 0.25) is 5.76 Å². The van der Waals surface area contributed by atoms with Gasteiger partial charge in [0.05, 0.1) is 5.69 Å². The Morgan fingerprint density at radius 1 is 1.09 bits per heavy atom. The van der Waals surface area contributed by atoms with E-state index in [1.165, 1.54) is 10.4 Å². The van der Waals surface area contributed by atoms with E-state index >= 15 is 0 Å². The molecule has 0 bridgehead atoms. The van der Waals surface area contributed by atoms with Crippen molar-refractivity contribution in [1.29, 1.82) is 0 Å². The predicted octanol–water partition coefficient (Wildman–Crippen LogP) is 3.49. The summed E-state index contributed by atoms with van der Waals surface area (Å²) in [7, 11) is 0. The minimum absolute atomic E-state index is 0.208. The SMILES string of the molecule is O=C(NCCc1cccs1)c1cc(CCc2ccccc2)no1. The Bertz CT molecular complexity index is 735. The standard InChI is InChI=1S/C18H18N2O2S/c21-18(19-11-10-16-7-4-12-23-16)17-13-15(20-22-17)9-8-14-5-2-1-3-6-14/h1-7,12-13H,8-11H2,(H,19,21). The summed E-state index contributed by atoms with van der Waals surface area (Å²) in [6.45, 7) is 0.597. The normalized spacial score (nSPS) is 10.6. The van der Waals surface area contributed by atoms with Crippen LogP contribution in [0.15, 0.2) is 58.4 Å². The van der Waals surface area contributed by atoms with Crippen LogP contribution in [0.5, 0.6) is 0 Å². The number of hydrogen-bond donors (Lipinski definition) is 1. The molecule has 2 heterocycles. The van der Waals surface area contributed by atoms with Crippen LogP contribution in [0.3, 0.4) is 0 Å². The number of aromatic nitrogens is 1. The van der Waals surface area contributed by atoms with E-state index in [1.54, 1.807) is 17.4 Å². The van der Waals surface area contributed by atoms with Crippen molar-refractivity contribution in [2.75, 3.05) is 6.54 Å². The van der Waals surface area contributed by atoms with E-state index in [2.05, 4.69) is 28.7 Å². The first-order valence-corrected chi connectivity index (χ1v) is 8.49. The second-order valence-corrected chi connectivity index (χ2v) is 6.29. The molecule has 3 aromatic rings. The zero-order valence-electron chi connectivity index (χ0n) is 12.7. The summed E-state index contributed by atoms with van der Waals surface area (Å²) in [5, 5.41) is 8.87. The number of benzene rings is 1. The number of amides is 1. The molecule has 0 aliphatic rings. The molecule has 2 aromatic heterocycles. The predicted molar refractivity (Wildman–Crippen MR) is 90.7 cm³/mol. The molecular weight excluding hydrogens is 308 g/mol. The molecule has 1 aromatic carbocycles. The van der Waals surface area contributed by atoms with Gasteiger partial charge in [-0.3, -0.25) is 4.79 Å². The van der Waals surface area contributed by atoms with Crippen LogP contribution in [0, 0.1) is 0 Å². The maximum absolute atomic E-state index is 12.0. The lowest BCUT2D eigenvalue weighted by atomic mass is 10.1. The van der Waals surface area contributed by atoms with E-state index in [9.17, 15) is 4.79 Å². The van der Waals surface area contributed by atoms with E-state index in [0.29, 0.717) is 6.54 Å². The topological polar surface area (TPSA) is 55.1 Å². The van der Waals surface area contributed by atoms with Crippen molar-refractivity contribution in [3.05, 3.63) is 75.8 Å². The fraction of sp³-hybridized carbons (Fsp3) is 0.222. The van der Waals surface area contributed by atoms with Gasteiger partial charge < -0.3 is 9.84 Å². The summed E-state index contributed by atoms with van der Waals surface area (Å²) >= 11 is 1.69. The van der Waals surface area contributed by atoms with Gasteiger partial charge in [-0.1, -0.05) is 41.6 Å². The van der Waals surface area contributed by atoms with Crippen LogP contribution in [0.1, 0.15) is 26.7 Å². The molecule has 0 radical (unpaired) electrons. The summed E-state index contributed by atoms with van der Waals surface area (Å²) in [6.07, 6.45) is 2.47. The van der Waals surface area contributed by atoms with Gasteiger partial charge in [0.25, 0.3) is 5.91 Å². The molecule has 5 heteroatoms.